The van der Waals surface area contributed by atoms with Gasteiger partial charge >= 0.3 is 0 Å². The molecule has 0 bridgehead atoms. The van der Waals surface area contributed by atoms with E-state index in [1.165, 1.54) is 0 Å². The highest BCUT2D eigenvalue weighted by Crippen LogP contribution is 1.97. The van der Waals surface area contributed by atoms with Crippen molar-refractivity contribution in [3.8, 4) is 0 Å². The Morgan fingerprint density at radius 2 is 1.29 bits per heavy atom. The van der Waals surface area contributed by atoms with Crippen LogP contribution in [0.3, 0.4) is 0 Å². The Morgan fingerprint density at radius 1 is 0.643 bits per heavy atom. The van der Waals surface area contributed by atoms with Gasteiger partial charge < -0.3 is 0 Å². The van der Waals surface area contributed by atoms with Gasteiger partial charge in [0.1, 0.15) is 0 Å². The molecule has 0 aromatic rings. The molecule has 0 heteroatoms. The Balaban J connectivity index is 2.45. The third-order valence-electron chi connectivity index (χ3n) is 1.91. The molecule has 0 amide bonds. The van der Waals surface area contributed by atoms with Crippen LogP contribution in [0.15, 0.2) is 54.7 Å². The molecule has 1 aliphatic rings. The number of allylic oxidation sites excluding steroid dienone is 10. The van der Waals surface area contributed by atoms with E-state index in [0.717, 1.165) is 25.7 Å². The molecule has 1 aliphatic carbocycles. The second-order valence-electron chi connectivity index (χ2n) is 3.16. The summed E-state index contributed by atoms with van der Waals surface area (Å²) in [6, 6.07) is 0. The van der Waals surface area contributed by atoms with Crippen LogP contribution < -0.4 is 0 Å². The van der Waals surface area contributed by atoms with Gasteiger partial charge in [-0.15, -0.1) is 0 Å². The summed E-state index contributed by atoms with van der Waals surface area (Å²) in [5, 5.41) is 0. The van der Waals surface area contributed by atoms with Crippen LogP contribution in [0.25, 0.3) is 0 Å². The molecule has 0 aliphatic heterocycles. The predicted molar refractivity (Wildman–Crippen MR) is 62.8 cm³/mol. The number of hydrogen-bond donors (Lipinski definition) is 0. The van der Waals surface area contributed by atoms with Crippen molar-refractivity contribution in [1.82, 2.24) is 0 Å². The lowest BCUT2D eigenvalue weighted by Crippen LogP contribution is -1.67. The first kappa shape index (κ1) is 10.8. The van der Waals surface area contributed by atoms with Crippen LogP contribution >= 0.6 is 0 Å². The second-order valence-corrected chi connectivity index (χ2v) is 3.16. The lowest BCUT2D eigenvalue weighted by atomic mass is 10.2. The zero-order valence-electron chi connectivity index (χ0n) is 8.52. The third kappa shape index (κ3) is 6.24. The molecule has 0 heterocycles. The summed E-state index contributed by atoms with van der Waals surface area (Å²) in [7, 11) is 0. The second kappa shape index (κ2) is 8.31. The van der Waals surface area contributed by atoms with E-state index in [9.17, 15) is 0 Å². The van der Waals surface area contributed by atoms with Gasteiger partial charge in [0.05, 0.1) is 0 Å². The summed E-state index contributed by atoms with van der Waals surface area (Å²) < 4.78 is 0. The summed E-state index contributed by atoms with van der Waals surface area (Å²) in [6.45, 7) is 0. The molecule has 73 valence electrons. The minimum absolute atomic E-state index is 0.998. The molecule has 1 rings (SSSR count). The summed E-state index contributed by atoms with van der Waals surface area (Å²) in [4.78, 5) is 0. The molecule has 0 nitrogen and oxygen atoms in total. The maximum Gasteiger partial charge on any atom is -0.0241 e. The van der Waals surface area contributed by atoms with Gasteiger partial charge in [-0.05, 0) is 31.8 Å². The predicted octanol–water partition coefficient (Wildman–Crippen LogP) is 4.14. The van der Waals surface area contributed by atoms with E-state index in [0.29, 0.717) is 0 Å². The van der Waals surface area contributed by atoms with Crippen molar-refractivity contribution in [2.45, 2.75) is 25.7 Å². The molecule has 0 saturated carbocycles. The third-order valence-corrected chi connectivity index (χ3v) is 1.91. The zero-order chi connectivity index (χ0) is 9.90. The minimum Gasteiger partial charge on any atom is -0.0842 e. The monoisotopic (exact) mass is 185 g/mol. The van der Waals surface area contributed by atoms with E-state index >= 15 is 0 Å². The van der Waals surface area contributed by atoms with Gasteiger partial charge in [-0.3, -0.25) is 0 Å². The van der Waals surface area contributed by atoms with E-state index in [1.54, 1.807) is 0 Å². The molecule has 0 spiro atoms. The molecule has 0 aromatic carbocycles. The lowest BCUT2D eigenvalue weighted by Gasteiger charge is -1.86. The van der Waals surface area contributed by atoms with Crippen LogP contribution in [0.2, 0.25) is 0 Å². The average molecular weight is 185 g/mol. The summed E-state index contributed by atoms with van der Waals surface area (Å²) >= 11 is 0. The fraction of sp³-hybridized carbons (Fsp3) is 0.286. The SMILES string of the molecule is [C]1=CC=CC=CCCC=CC=CCC1. The maximum absolute atomic E-state index is 3.22. The first-order valence-corrected chi connectivity index (χ1v) is 5.20. The van der Waals surface area contributed by atoms with Crippen molar-refractivity contribution in [2.75, 3.05) is 0 Å². The highest BCUT2D eigenvalue weighted by molar-refractivity contribution is 5.10. The number of rotatable bonds is 0. The van der Waals surface area contributed by atoms with Gasteiger partial charge in [-0.25, -0.2) is 0 Å². The molecule has 0 unspecified atom stereocenters. The maximum atomic E-state index is 3.22. The van der Waals surface area contributed by atoms with Gasteiger partial charge in [0.2, 0.25) is 0 Å². The van der Waals surface area contributed by atoms with E-state index < -0.39 is 0 Å². The normalized spacial score (nSPS) is 18.3. The average Bonchev–Trinajstić information content (AvgIpc) is 2.22. The summed E-state index contributed by atoms with van der Waals surface area (Å²) in [5.74, 6) is 0. The molecular formula is C14H17. The van der Waals surface area contributed by atoms with Crippen molar-refractivity contribution < 1.29 is 0 Å². The highest BCUT2D eigenvalue weighted by atomic mass is 13.8. The lowest BCUT2D eigenvalue weighted by molar-refractivity contribution is 1.02. The van der Waals surface area contributed by atoms with E-state index in [4.69, 9.17) is 0 Å². The van der Waals surface area contributed by atoms with Gasteiger partial charge in [-0.2, -0.15) is 0 Å². The minimum atomic E-state index is 0.998. The fourth-order valence-corrected chi connectivity index (χ4v) is 1.15. The molecule has 1 radical (unpaired) electrons. The summed E-state index contributed by atoms with van der Waals surface area (Å²) in [6.07, 6.45) is 26.5. The Hall–Kier alpha value is -1.30. The van der Waals surface area contributed by atoms with Crippen molar-refractivity contribution in [2.24, 2.45) is 0 Å². The molecule has 0 saturated heterocycles. The van der Waals surface area contributed by atoms with Crippen LogP contribution in [0.5, 0.6) is 0 Å². The standard InChI is InChI=1S/C14H17/c1-2-4-6-8-10-12-14-13-11-9-7-5-3-1/h1-5,10,12-14H,6,8-9,11H2. The first-order chi connectivity index (χ1) is 7.00. The smallest absolute Gasteiger partial charge is 0.0241 e. The van der Waals surface area contributed by atoms with Gasteiger partial charge in [-0.1, -0.05) is 54.7 Å². The van der Waals surface area contributed by atoms with Gasteiger partial charge in [0.15, 0.2) is 0 Å². The molecule has 0 atom stereocenters. The molecule has 0 aromatic heterocycles. The topological polar surface area (TPSA) is 0 Å². The Bertz CT molecular complexity index is 234. The van der Waals surface area contributed by atoms with Crippen molar-refractivity contribution in [1.29, 1.82) is 0 Å². The van der Waals surface area contributed by atoms with Crippen LogP contribution in [0.4, 0.5) is 0 Å². The van der Waals surface area contributed by atoms with Crippen molar-refractivity contribution in [3.63, 3.8) is 0 Å². The molecule has 0 N–H and O–H groups in total. The molecule has 0 fully saturated rings. The Morgan fingerprint density at radius 3 is 2.07 bits per heavy atom. The van der Waals surface area contributed by atoms with Crippen molar-refractivity contribution >= 4 is 0 Å². The zero-order valence-corrected chi connectivity index (χ0v) is 8.52. The quantitative estimate of drug-likeness (QED) is 0.532. The van der Waals surface area contributed by atoms with Crippen LogP contribution in [-0.4, -0.2) is 0 Å². The van der Waals surface area contributed by atoms with Crippen LogP contribution in [-0.2, 0) is 0 Å². The van der Waals surface area contributed by atoms with Crippen LogP contribution in [0.1, 0.15) is 25.7 Å². The van der Waals surface area contributed by atoms with E-state index in [1.807, 2.05) is 12.2 Å². The number of hydrogen-bond acceptors (Lipinski definition) is 0. The van der Waals surface area contributed by atoms with E-state index in [2.05, 4.69) is 48.6 Å². The first-order valence-electron chi connectivity index (χ1n) is 5.20. The molecular weight excluding hydrogens is 168 g/mol. The van der Waals surface area contributed by atoms with Crippen LogP contribution in [0, 0.1) is 6.08 Å². The highest BCUT2D eigenvalue weighted by Gasteiger charge is 1.77. The van der Waals surface area contributed by atoms with Gasteiger partial charge in [0, 0.05) is 0 Å². The summed E-state index contributed by atoms with van der Waals surface area (Å²) in [5.41, 5.74) is 0. The fourth-order valence-electron chi connectivity index (χ4n) is 1.15. The Labute approximate surface area is 87.0 Å². The Kier molecular flexibility index (Phi) is 6.39. The van der Waals surface area contributed by atoms with Crippen molar-refractivity contribution in [3.05, 3.63) is 60.8 Å². The molecule has 14 heavy (non-hydrogen) atoms. The van der Waals surface area contributed by atoms with E-state index in [-0.39, 0.29) is 0 Å². The largest absolute Gasteiger partial charge is 0.0842 e. The van der Waals surface area contributed by atoms with Gasteiger partial charge in [0.25, 0.3) is 0 Å².